The van der Waals surface area contributed by atoms with Gasteiger partial charge >= 0.3 is 5.97 Å². The minimum atomic E-state index is -5.21. The lowest BCUT2D eigenvalue weighted by molar-refractivity contribution is -0.130. The topological polar surface area (TPSA) is 438 Å². The minimum absolute atomic E-state index is 0.0865. The molecule has 0 bridgehead atoms. The molecule has 6 aromatic rings. The van der Waals surface area contributed by atoms with Gasteiger partial charge in [0.1, 0.15) is 20.4 Å². The van der Waals surface area contributed by atoms with E-state index in [0.717, 1.165) is 42.5 Å². The van der Waals surface area contributed by atoms with E-state index in [0.29, 0.717) is 5.01 Å². The van der Waals surface area contributed by atoms with Crippen molar-refractivity contribution in [1.29, 1.82) is 0 Å². The number of halogens is 2. The van der Waals surface area contributed by atoms with Gasteiger partial charge in [0.25, 0.3) is 46.4 Å². The van der Waals surface area contributed by atoms with Gasteiger partial charge in [-0.1, -0.05) is 24.3 Å². The van der Waals surface area contributed by atoms with Gasteiger partial charge in [-0.3, -0.25) is 23.0 Å². The zero-order chi connectivity index (χ0) is 51.1. The number of carbonyl (C=O) groups is 2. The standard InChI is InChI=1S/C35H26Cl2N14O15S4/c1-15-21(41-35-45-31(37)44-34(47-35)40-19-7-3-5-9-24(19)69(61,62)63)13-17(67(55,56)57)14-22(15)51-28(52)26(27(50-51)29(53)54)49-48-20-11-10-16(12-25(20)70(64,65)66)38-32-42-30(36)43-33(46-32)39-18-6-2-4-8-23(18)68(58,59)60/h2-14,26H,1H3,(H,53,54)(H,55,56,57)(H,58,59,60)(H,61,62,63)(H,64,65,66)(H2,38,39,42,43,46)(H2,40,41,44,45,47). The second-order valence-electron chi connectivity index (χ2n) is 13.8. The van der Waals surface area contributed by atoms with Crippen LogP contribution in [0, 0.1) is 6.92 Å². The molecule has 35 heteroatoms. The second kappa shape index (κ2) is 19.1. The summed E-state index contributed by atoms with van der Waals surface area (Å²) >= 11 is 12.1. The highest BCUT2D eigenvalue weighted by Gasteiger charge is 2.42. The first-order chi connectivity index (χ1) is 32.6. The van der Waals surface area contributed by atoms with E-state index in [1.807, 2.05) is 0 Å². The Morgan fingerprint density at radius 3 is 1.56 bits per heavy atom. The fourth-order valence-electron chi connectivity index (χ4n) is 6.06. The second-order valence-corrected chi connectivity index (χ2v) is 20.0. The summed E-state index contributed by atoms with van der Waals surface area (Å²) in [6.07, 6.45) is 0. The maximum absolute atomic E-state index is 14.0. The van der Waals surface area contributed by atoms with Crippen molar-refractivity contribution >= 4 is 139 Å². The molecule has 0 saturated carbocycles. The Hall–Kier alpha value is -7.47. The third kappa shape index (κ3) is 11.5. The number of para-hydroxylation sites is 2. The smallest absolute Gasteiger partial charge is 0.355 e. The predicted molar refractivity (Wildman–Crippen MR) is 243 cm³/mol. The first-order valence-corrected chi connectivity index (χ1v) is 25.0. The van der Waals surface area contributed by atoms with Crippen molar-refractivity contribution in [3.8, 4) is 0 Å². The number of aromatic nitrogens is 6. The van der Waals surface area contributed by atoms with Crippen LogP contribution in [0.25, 0.3) is 0 Å². The molecule has 1 atom stereocenters. The number of carbonyl (C=O) groups excluding carboxylic acids is 1. The Labute approximate surface area is 402 Å². The van der Waals surface area contributed by atoms with E-state index in [9.17, 15) is 66.6 Å². The van der Waals surface area contributed by atoms with Crippen LogP contribution in [0.2, 0.25) is 10.6 Å². The van der Waals surface area contributed by atoms with Crippen LogP contribution >= 0.6 is 23.2 Å². The van der Waals surface area contributed by atoms with E-state index in [2.05, 4.69) is 66.5 Å². The lowest BCUT2D eigenvalue weighted by Crippen LogP contribution is -2.33. The molecule has 1 aliphatic heterocycles. The molecule has 1 amide bonds. The van der Waals surface area contributed by atoms with Gasteiger partial charge in [0, 0.05) is 11.4 Å². The maximum Gasteiger partial charge on any atom is 0.355 e. The van der Waals surface area contributed by atoms with E-state index < -0.39 is 118 Å². The summed E-state index contributed by atoms with van der Waals surface area (Å²) in [5.41, 5.74) is -3.05. The zero-order valence-corrected chi connectivity index (χ0v) is 39.0. The molecule has 0 fully saturated rings. The van der Waals surface area contributed by atoms with E-state index in [4.69, 9.17) is 23.2 Å². The zero-order valence-electron chi connectivity index (χ0n) is 34.3. The van der Waals surface area contributed by atoms with Crippen molar-refractivity contribution in [1.82, 2.24) is 29.9 Å². The fourth-order valence-corrected chi connectivity index (χ4v) is 8.85. The molecule has 7 rings (SSSR count). The molecule has 2 aromatic heterocycles. The van der Waals surface area contributed by atoms with Crippen molar-refractivity contribution in [2.24, 2.45) is 15.3 Å². The Morgan fingerprint density at radius 1 is 0.614 bits per heavy atom. The fraction of sp³-hybridized carbons (Fsp3) is 0.0571. The van der Waals surface area contributed by atoms with Crippen molar-refractivity contribution in [3.05, 3.63) is 95.0 Å². The molecule has 29 nitrogen and oxygen atoms in total. The SMILES string of the molecule is Cc1c(Nc2nc(Cl)nc(Nc3ccccc3S(=O)(=O)O)n2)cc(S(=O)(=O)O)cc1N1N=C(C(=O)O)C(N=Nc2ccc(Nc3nc(Cl)nc(Nc4ccccc4S(=O)(=O)O)n3)cc2S(=O)(=O)O)C1=O. The van der Waals surface area contributed by atoms with Crippen molar-refractivity contribution in [2.45, 2.75) is 32.5 Å². The number of hydrazone groups is 1. The summed E-state index contributed by atoms with van der Waals surface area (Å²) < 4.78 is 137. The summed E-state index contributed by atoms with van der Waals surface area (Å²) in [7, 11) is -19.8. The number of rotatable bonds is 16. The van der Waals surface area contributed by atoms with Gasteiger partial charge in [-0.25, -0.2) is 4.79 Å². The molecule has 0 radical (unpaired) electrons. The van der Waals surface area contributed by atoms with Gasteiger partial charge in [0.15, 0.2) is 5.71 Å². The van der Waals surface area contributed by atoms with Gasteiger partial charge < -0.3 is 26.4 Å². The van der Waals surface area contributed by atoms with Crippen LogP contribution in [-0.4, -0.2) is 111 Å². The number of benzene rings is 4. The molecule has 1 unspecified atom stereocenters. The normalized spacial score (nSPS) is 14.4. The number of carboxylic acid groups (broad SMARTS) is 1. The summed E-state index contributed by atoms with van der Waals surface area (Å²) in [5.74, 6) is -4.72. The Morgan fingerprint density at radius 2 is 1.09 bits per heavy atom. The van der Waals surface area contributed by atoms with Crippen LogP contribution in [0.4, 0.5) is 57.9 Å². The minimum Gasteiger partial charge on any atom is -0.477 e. The van der Waals surface area contributed by atoms with Crippen LogP contribution in [0.15, 0.2) is 114 Å². The quantitative estimate of drug-likeness (QED) is 0.0473. The van der Waals surface area contributed by atoms with Crippen LogP contribution in [0.3, 0.4) is 0 Å². The molecular weight excluding hydrogens is 1060 g/mol. The van der Waals surface area contributed by atoms with Crippen molar-refractivity contribution < 1.29 is 66.6 Å². The highest BCUT2D eigenvalue weighted by molar-refractivity contribution is 7.86. The highest BCUT2D eigenvalue weighted by Crippen LogP contribution is 2.37. The molecule has 0 spiro atoms. The summed E-state index contributed by atoms with van der Waals surface area (Å²) in [4.78, 5) is 47.0. The Bertz CT molecular complexity index is 3700. The van der Waals surface area contributed by atoms with E-state index in [1.54, 1.807) is 0 Å². The van der Waals surface area contributed by atoms with Crippen molar-refractivity contribution in [2.75, 3.05) is 26.3 Å². The number of carboxylic acids is 1. The third-order valence-corrected chi connectivity index (χ3v) is 12.9. The molecule has 70 heavy (non-hydrogen) atoms. The number of anilines is 9. The van der Waals surface area contributed by atoms with Crippen LogP contribution in [0.5, 0.6) is 0 Å². The summed E-state index contributed by atoms with van der Waals surface area (Å²) in [6.45, 7) is 1.28. The summed E-state index contributed by atoms with van der Waals surface area (Å²) in [5, 5.41) is 31.1. The number of hydrogen-bond donors (Lipinski definition) is 9. The Balaban J connectivity index is 1.18. The molecular formula is C35H26Cl2N14O15S4. The highest BCUT2D eigenvalue weighted by atomic mass is 35.5. The Kier molecular flexibility index (Phi) is 13.8. The lowest BCUT2D eigenvalue weighted by Gasteiger charge is -2.19. The van der Waals surface area contributed by atoms with Crippen LogP contribution in [-0.2, 0) is 50.1 Å². The van der Waals surface area contributed by atoms with Gasteiger partial charge in [0.05, 0.1) is 22.0 Å². The van der Waals surface area contributed by atoms with E-state index >= 15 is 0 Å². The average Bonchev–Trinajstić information content (AvgIpc) is 3.57. The molecule has 9 N–H and O–H groups in total. The van der Waals surface area contributed by atoms with E-state index in [1.165, 1.54) is 43.3 Å². The number of azo groups is 1. The molecule has 3 heterocycles. The molecule has 4 aromatic carbocycles. The first kappa shape index (κ1) is 50.4. The number of amides is 1. The van der Waals surface area contributed by atoms with Crippen LogP contribution in [0.1, 0.15) is 5.56 Å². The average molecular weight is 1080 g/mol. The first-order valence-electron chi connectivity index (χ1n) is 18.5. The predicted octanol–water partition coefficient (Wildman–Crippen LogP) is 4.57. The third-order valence-electron chi connectivity index (χ3n) is 9.07. The number of nitrogens with one attached hydrogen (secondary N) is 4. The van der Waals surface area contributed by atoms with Crippen molar-refractivity contribution in [3.63, 3.8) is 0 Å². The molecule has 0 saturated heterocycles. The molecule has 1 aliphatic rings. The monoisotopic (exact) mass is 1080 g/mol. The molecule has 0 aliphatic carbocycles. The van der Waals surface area contributed by atoms with Gasteiger partial charge in [-0.05, 0) is 90.3 Å². The number of nitrogens with zero attached hydrogens (tertiary/aromatic N) is 10. The maximum atomic E-state index is 14.0. The number of hydrogen-bond acceptors (Lipinski definition) is 23. The van der Waals surface area contributed by atoms with Gasteiger partial charge in [-0.15, -0.1) is 0 Å². The number of aliphatic carboxylic acids is 1. The lowest BCUT2D eigenvalue weighted by atomic mass is 10.1. The largest absolute Gasteiger partial charge is 0.477 e. The molecule has 364 valence electrons. The van der Waals surface area contributed by atoms with Crippen LogP contribution < -0.4 is 26.3 Å². The van der Waals surface area contributed by atoms with E-state index in [-0.39, 0.29) is 40.2 Å². The summed E-state index contributed by atoms with van der Waals surface area (Å²) in [6, 6.07) is 12.5. The van der Waals surface area contributed by atoms with Gasteiger partial charge in [0.2, 0.25) is 40.4 Å². The van der Waals surface area contributed by atoms with Gasteiger partial charge in [-0.2, -0.15) is 83.9 Å².